The van der Waals surface area contributed by atoms with Crippen molar-refractivity contribution in [3.05, 3.63) is 0 Å². The summed E-state index contributed by atoms with van der Waals surface area (Å²) in [5.41, 5.74) is 0. The molecule has 0 bridgehead atoms. The molecule has 8 nitrogen and oxygen atoms in total. The van der Waals surface area contributed by atoms with E-state index in [0.717, 1.165) is 12.8 Å². The standard InChI is InChI=1S/2C9H15NO3S/c2*1-6(5-14)8(11)10-4-2-3-7(10)9(12)13/h2*6-7,14H,2-5H2,1H3,(H,12,13)/t2*6-,7+/m11/s1. The highest BCUT2D eigenvalue weighted by Crippen LogP contribution is 2.21. The number of carbonyl (C=O) groups excluding carboxylic acids is 2. The lowest BCUT2D eigenvalue weighted by molar-refractivity contribution is -0.149. The highest BCUT2D eigenvalue weighted by atomic mass is 32.1. The van der Waals surface area contributed by atoms with Crippen LogP contribution in [-0.4, -0.2) is 80.4 Å². The maximum Gasteiger partial charge on any atom is 0.326 e. The number of thiol groups is 2. The monoisotopic (exact) mass is 434 g/mol. The quantitative estimate of drug-likeness (QED) is 0.468. The number of rotatable bonds is 6. The van der Waals surface area contributed by atoms with Gasteiger partial charge in [-0.3, -0.25) is 9.59 Å². The maximum absolute atomic E-state index is 11.7. The van der Waals surface area contributed by atoms with Crippen LogP contribution in [-0.2, 0) is 19.2 Å². The van der Waals surface area contributed by atoms with E-state index in [-0.39, 0.29) is 23.7 Å². The summed E-state index contributed by atoms with van der Waals surface area (Å²) in [4.78, 5) is 48.0. The van der Waals surface area contributed by atoms with Crippen LogP contribution >= 0.6 is 25.3 Å². The number of amides is 2. The third-order valence-electron chi connectivity index (χ3n) is 5.03. The van der Waals surface area contributed by atoms with Gasteiger partial charge in [0.15, 0.2) is 0 Å². The van der Waals surface area contributed by atoms with Gasteiger partial charge in [-0.05, 0) is 25.7 Å². The Hall–Kier alpha value is -1.42. The fraction of sp³-hybridized carbons (Fsp3) is 0.778. The minimum absolute atomic E-state index is 0.0927. The first-order valence-electron chi connectivity index (χ1n) is 9.43. The van der Waals surface area contributed by atoms with Crippen molar-refractivity contribution in [2.45, 2.75) is 51.6 Å². The van der Waals surface area contributed by atoms with Crippen molar-refractivity contribution in [3.8, 4) is 0 Å². The van der Waals surface area contributed by atoms with Crippen LogP contribution in [0.3, 0.4) is 0 Å². The van der Waals surface area contributed by atoms with E-state index >= 15 is 0 Å². The lowest BCUT2D eigenvalue weighted by Crippen LogP contribution is -2.43. The van der Waals surface area contributed by atoms with E-state index in [1.165, 1.54) is 9.80 Å². The Balaban J connectivity index is 0.000000280. The summed E-state index contributed by atoms with van der Waals surface area (Å²) in [7, 11) is 0. The summed E-state index contributed by atoms with van der Waals surface area (Å²) in [6.45, 7) is 4.67. The molecule has 2 aliphatic rings. The molecule has 2 amide bonds. The Bertz CT molecular complexity index is 538. The predicted octanol–water partition coefficient (Wildman–Crippen LogP) is 1.26. The zero-order valence-corrected chi connectivity index (χ0v) is 18.1. The normalized spacial score (nSPS) is 23.6. The Kier molecular flexibility index (Phi) is 10.2. The van der Waals surface area contributed by atoms with Crippen molar-refractivity contribution in [2.24, 2.45) is 11.8 Å². The van der Waals surface area contributed by atoms with Crippen LogP contribution in [0.4, 0.5) is 0 Å². The molecule has 2 heterocycles. The molecule has 0 saturated carbocycles. The van der Waals surface area contributed by atoms with E-state index in [4.69, 9.17) is 10.2 Å². The van der Waals surface area contributed by atoms with Crippen LogP contribution in [0.1, 0.15) is 39.5 Å². The van der Waals surface area contributed by atoms with Crippen molar-refractivity contribution >= 4 is 49.0 Å². The zero-order valence-electron chi connectivity index (χ0n) is 16.3. The second kappa shape index (κ2) is 11.5. The molecular formula is C18H30N2O6S2. The lowest BCUT2D eigenvalue weighted by Gasteiger charge is -2.24. The molecule has 2 saturated heterocycles. The number of aliphatic carboxylic acids is 2. The Morgan fingerprint density at radius 2 is 1.14 bits per heavy atom. The summed E-state index contributed by atoms with van der Waals surface area (Å²) in [5.74, 6) is -1.46. The second-order valence-corrected chi connectivity index (χ2v) is 7.95. The molecule has 10 heteroatoms. The van der Waals surface area contributed by atoms with Crippen molar-refractivity contribution in [1.29, 1.82) is 0 Å². The van der Waals surface area contributed by atoms with E-state index in [1.807, 2.05) is 0 Å². The lowest BCUT2D eigenvalue weighted by atomic mass is 10.1. The summed E-state index contributed by atoms with van der Waals surface area (Å²) in [6.07, 6.45) is 2.70. The molecule has 2 N–H and O–H groups in total. The van der Waals surface area contributed by atoms with Gasteiger partial charge in [-0.25, -0.2) is 9.59 Å². The summed E-state index contributed by atoms with van der Waals surface area (Å²) >= 11 is 8.07. The van der Waals surface area contributed by atoms with Gasteiger partial charge in [-0.2, -0.15) is 25.3 Å². The smallest absolute Gasteiger partial charge is 0.326 e. The molecule has 2 fully saturated rings. The van der Waals surface area contributed by atoms with Gasteiger partial charge in [0.2, 0.25) is 11.8 Å². The van der Waals surface area contributed by atoms with Crippen molar-refractivity contribution < 1.29 is 29.4 Å². The topological polar surface area (TPSA) is 115 Å². The van der Waals surface area contributed by atoms with E-state index < -0.39 is 24.0 Å². The largest absolute Gasteiger partial charge is 0.480 e. The minimum Gasteiger partial charge on any atom is -0.480 e. The molecule has 0 aromatic rings. The fourth-order valence-corrected chi connectivity index (χ4v) is 3.61. The van der Waals surface area contributed by atoms with E-state index in [0.29, 0.717) is 37.4 Å². The summed E-state index contributed by atoms with van der Waals surface area (Å²) in [5, 5.41) is 17.7. The average molecular weight is 435 g/mol. The SMILES string of the molecule is C[C@H](CS)C(=O)N1CCC[C@H]1C(=O)O.C[C@H](CS)C(=O)N1CCC[C@H]1C(=O)O. The number of carboxylic acid groups (broad SMARTS) is 2. The van der Waals surface area contributed by atoms with Crippen LogP contribution in [0.25, 0.3) is 0 Å². The van der Waals surface area contributed by atoms with Gasteiger partial charge in [-0.1, -0.05) is 13.8 Å². The first-order chi connectivity index (χ1) is 13.1. The van der Waals surface area contributed by atoms with Crippen molar-refractivity contribution in [3.63, 3.8) is 0 Å². The summed E-state index contributed by atoms with van der Waals surface area (Å²) in [6, 6.07) is -1.24. The first kappa shape index (κ1) is 24.6. The Labute approximate surface area is 176 Å². The second-order valence-electron chi connectivity index (χ2n) is 7.22. The van der Waals surface area contributed by atoms with E-state index in [1.54, 1.807) is 13.8 Å². The zero-order chi connectivity index (χ0) is 21.4. The highest BCUT2D eigenvalue weighted by molar-refractivity contribution is 7.80. The van der Waals surface area contributed by atoms with Crippen LogP contribution in [0, 0.1) is 11.8 Å². The Morgan fingerprint density at radius 3 is 1.39 bits per heavy atom. The van der Waals surface area contributed by atoms with Crippen LogP contribution in [0.2, 0.25) is 0 Å². The van der Waals surface area contributed by atoms with Crippen LogP contribution in [0.5, 0.6) is 0 Å². The van der Waals surface area contributed by atoms with Crippen molar-refractivity contribution in [2.75, 3.05) is 24.6 Å². The van der Waals surface area contributed by atoms with Gasteiger partial charge in [0, 0.05) is 36.4 Å². The number of nitrogens with zero attached hydrogens (tertiary/aromatic N) is 2. The molecule has 2 aliphatic heterocycles. The third-order valence-corrected chi connectivity index (χ3v) is 6.13. The molecule has 0 aromatic carbocycles. The number of carboxylic acids is 2. The van der Waals surface area contributed by atoms with Gasteiger partial charge in [0.25, 0.3) is 0 Å². The molecule has 0 spiro atoms. The molecule has 0 aliphatic carbocycles. The van der Waals surface area contributed by atoms with E-state index in [2.05, 4.69) is 25.3 Å². The number of likely N-dealkylation sites (tertiary alicyclic amines) is 2. The van der Waals surface area contributed by atoms with Gasteiger partial charge in [-0.15, -0.1) is 0 Å². The first-order valence-corrected chi connectivity index (χ1v) is 10.7. The highest BCUT2D eigenvalue weighted by Gasteiger charge is 2.36. The van der Waals surface area contributed by atoms with Crippen LogP contribution in [0.15, 0.2) is 0 Å². The molecule has 28 heavy (non-hydrogen) atoms. The number of hydrogen-bond donors (Lipinski definition) is 4. The predicted molar refractivity (Wildman–Crippen MR) is 111 cm³/mol. The molecule has 160 valence electrons. The number of hydrogen-bond acceptors (Lipinski definition) is 6. The molecule has 0 radical (unpaired) electrons. The minimum atomic E-state index is -0.901. The Morgan fingerprint density at radius 1 is 0.821 bits per heavy atom. The summed E-state index contributed by atoms with van der Waals surface area (Å²) < 4.78 is 0. The average Bonchev–Trinajstić information content (AvgIpc) is 3.35. The van der Waals surface area contributed by atoms with Gasteiger partial charge in [0.05, 0.1) is 0 Å². The molecular weight excluding hydrogens is 404 g/mol. The molecule has 2 rings (SSSR count). The van der Waals surface area contributed by atoms with Crippen molar-refractivity contribution in [1.82, 2.24) is 9.80 Å². The fourth-order valence-electron chi connectivity index (χ4n) is 3.30. The maximum atomic E-state index is 11.7. The number of carbonyl (C=O) groups is 4. The van der Waals surface area contributed by atoms with Gasteiger partial charge >= 0.3 is 11.9 Å². The molecule has 0 unspecified atom stereocenters. The van der Waals surface area contributed by atoms with Gasteiger partial charge < -0.3 is 20.0 Å². The van der Waals surface area contributed by atoms with E-state index in [9.17, 15) is 19.2 Å². The van der Waals surface area contributed by atoms with Crippen LogP contribution < -0.4 is 0 Å². The molecule has 0 aromatic heterocycles. The van der Waals surface area contributed by atoms with Gasteiger partial charge in [0.1, 0.15) is 12.1 Å². The third kappa shape index (κ3) is 6.30. The molecule has 4 atom stereocenters.